The van der Waals surface area contributed by atoms with E-state index in [0.717, 1.165) is 6.42 Å². The summed E-state index contributed by atoms with van der Waals surface area (Å²) in [5.74, 6) is 0. The lowest BCUT2D eigenvalue weighted by molar-refractivity contribution is 0.728. The molecule has 0 aliphatic rings. The monoisotopic (exact) mass is 189 g/mol. The second-order valence-electron chi connectivity index (χ2n) is 3.12. The van der Waals surface area contributed by atoms with Gasteiger partial charge in [0.25, 0.3) is 0 Å². The van der Waals surface area contributed by atoms with Crippen LogP contribution in [0.25, 0.3) is 0 Å². The molecule has 0 N–H and O–H groups in total. The maximum absolute atomic E-state index is 8.20. The minimum atomic E-state index is 0.960. The van der Waals surface area contributed by atoms with Crippen LogP contribution < -0.4 is 0 Å². The summed E-state index contributed by atoms with van der Waals surface area (Å²) < 4.78 is 0. The lowest BCUT2D eigenvalue weighted by atomic mass is 10.2. The highest BCUT2D eigenvalue weighted by molar-refractivity contribution is 5.12. The molecule has 0 spiro atoms. The van der Waals surface area contributed by atoms with Gasteiger partial charge in [0.1, 0.15) is 0 Å². The number of allylic oxidation sites excluding steroid dienone is 6. The average molecular weight is 189 g/mol. The van der Waals surface area contributed by atoms with E-state index in [1.54, 1.807) is 6.08 Å². The van der Waals surface area contributed by atoms with Crippen molar-refractivity contribution in [2.75, 3.05) is 0 Å². The zero-order valence-corrected chi connectivity index (χ0v) is 8.95. The Kier molecular flexibility index (Phi) is 10.6. The fourth-order valence-corrected chi connectivity index (χ4v) is 1.06. The van der Waals surface area contributed by atoms with Crippen LogP contribution in [0, 0.1) is 11.3 Å². The van der Waals surface area contributed by atoms with Crippen molar-refractivity contribution in [3.05, 3.63) is 36.5 Å². The first kappa shape index (κ1) is 12.7. The molecule has 0 unspecified atom stereocenters. The van der Waals surface area contributed by atoms with Gasteiger partial charge in [-0.15, -0.1) is 0 Å². The minimum Gasteiger partial charge on any atom is -0.193 e. The molecule has 0 heterocycles. The van der Waals surface area contributed by atoms with Crippen molar-refractivity contribution in [1.82, 2.24) is 0 Å². The van der Waals surface area contributed by atoms with Gasteiger partial charge in [-0.3, -0.25) is 0 Å². The third-order valence-electron chi connectivity index (χ3n) is 1.83. The average Bonchev–Trinajstić information content (AvgIpc) is 2.21. The van der Waals surface area contributed by atoms with Crippen molar-refractivity contribution >= 4 is 0 Å². The van der Waals surface area contributed by atoms with E-state index in [0.29, 0.717) is 0 Å². The highest BCUT2D eigenvalue weighted by Crippen LogP contribution is 2.00. The van der Waals surface area contributed by atoms with E-state index < -0.39 is 0 Å². The highest BCUT2D eigenvalue weighted by atomic mass is 14.2. The van der Waals surface area contributed by atoms with E-state index >= 15 is 0 Å². The molecule has 0 aromatic carbocycles. The van der Waals surface area contributed by atoms with Gasteiger partial charge >= 0.3 is 0 Å². The Morgan fingerprint density at radius 3 is 2.64 bits per heavy atom. The zero-order chi connectivity index (χ0) is 10.5. The van der Waals surface area contributed by atoms with Gasteiger partial charge < -0.3 is 0 Å². The number of nitrogens with zero attached hydrogens (tertiary/aromatic N) is 1. The molecule has 0 fully saturated rings. The molecule has 0 aliphatic heterocycles. The molecule has 1 nitrogen and oxygen atoms in total. The Labute approximate surface area is 87.4 Å². The predicted octanol–water partition coefficient (Wildman–Crippen LogP) is 4.15. The lowest BCUT2D eigenvalue weighted by Crippen LogP contribution is -1.70. The van der Waals surface area contributed by atoms with Gasteiger partial charge in [-0.05, 0) is 19.3 Å². The summed E-state index contributed by atoms with van der Waals surface area (Å²) in [4.78, 5) is 0. The predicted molar refractivity (Wildman–Crippen MR) is 61.8 cm³/mol. The molecule has 0 rings (SSSR count). The van der Waals surface area contributed by atoms with Crippen molar-refractivity contribution < 1.29 is 0 Å². The van der Waals surface area contributed by atoms with Crippen LogP contribution in [0.2, 0.25) is 0 Å². The molecule has 0 aromatic rings. The molecular formula is C13H19N. The van der Waals surface area contributed by atoms with Gasteiger partial charge in [0, 0.05) is 6.08 Å². The summed E-state index contributed by atoms with van der Waals surface area (Å²) in [6.07, 6.45) is 17.6. The Morgan fingerprint density at radius 2 is 1.93 bits per heavy atom. The number of hydrogen-bond donors (Lipinski definition) is 0. The van der Waals surface area contributed by atoms with Gasteiger partial charge in [0.05, 0.1) is 6.07 Å². The summed E-state index contributed by atoms with van der Waals surface area (Å²) in [7, 11) is 0. The van der Waals surface area contributed by atoms with Crippen LogP contribution in [0.5, 0.6) is 0 Å². The van der Waals surface area contributed by atoms with Crippen molar-refractivity contribution in [3.8, 4) is 6.07 Å². The summed E-state index contributed by atoms with van der Waals surface area (Å²) in [6.45, 7) is 2.22. The van der Waals surface area contributed by atoms with Crippen molar-refractivity contribution in [2.24, 2.45) is 0 Å². The summed E-state index contributed by atoms with van der Waals surface area (Å²) in [5, 5.41) is 8.20. The molecule has 0 atom stereocenters. The minimum absolute atomic E-state index is 0.960. The van der Waals surface area contributed by atoms with Crippen molar-refractivity contribution in [3.63, 3.8) is 0 Å². The summed E-state index contributed by atoms with van der Waals surface area (Å²) in [6, 6.07) is 1.94. The van der Waals surface area contributed by atoms with Crippen molar-refractivity contribution in [1.29, 1.82) is 5.26 Å². The van der Waals surface area contributed by atoms with Gasteiger partial charge in [-0.1, -0.05) is 50.1 Å². The molecule has 76 valence electrons. The second-order valence-corrected chi connectivity index (χ2v) is 3.12. The second kappa shape index (κ2) is 11.7. The van der Waals surface area contributed by atoms with Crippen LogP contribution in [0.4, 0.5) is 0 Å². The van der Waals surface area contributed by atoms with Crippen LogP contribution in [0.1, 0.15) is 39.0 Å². The zero-order valence-electron chi connectivity index (χ0n) is 8.95. The first-order valence-corrected chi connectivity index (χ1v) is 5.28. The van der Waals surface area contributed by atoms with Crippen LogP contribution >= 0.6 is 0 Å². The Hall–Kier alpha value is -1.29. The molecule has 0 saturated carbocycles. The first-order valence-electron chi connectivity index (χ1n) is 5.28. The molecule has 0 aromatic heterocycles. The fraction of sp³-hybridized carbons (Fsp3) is 0.462. The summed E-state index contributed by atoms with van der Waals surface area (Å²) in [5.41, 5.74) is 0. The molecule has 0 radical (unpaired) electrons. The third-order valence-corrected chi connectivity index (χ3v) is 1.83. The third kappa shape index (κ3) is 10.7. The van der Waals surface area contributed by atoms with Crippen LogP contribution in [0.15, 0.2) is 36.5 Å². The number of unbranched alkanes of at least 4 members (excludes halogenated alkanes) is 3. The fourth-order valence-electron chi connectivity index (χ4n) is 1.06. The largest absolute Gasteiger partial charge is 0.193 e. The van der Waals surface area contributed by atoms with Crippen LogP contribution in [0.3, 0.4) is 0 Å². The first-order chi connectivity index (χ1) is 6.91. The topological polar surface area (TPSA) is 23.8 Å². The maximum atomic E-state index is 8.20. The molecule has 0 bridgehead atoms. The molecule has 1 heteroatoms. The summed E-state index contributed by atoms with van der Waals surface area (Å²) >= 11 is 0. The van der Waals surface area contributed by atoms with E-state index in [1.165, 1.54) is 31.8 Å². The Balaban J connectivity index is 3.31. The van der Waals surface area contributed by atoms with Gasteiger partial charge in [0.2, 0.25) is 0 Å². The molecule has 0 amide bonds. The Morgan fingerprint density at radius 1 is 1.07 bits per heavy atom. The smallest absolute Gasteiger partial charge is 0.0912 e. The molecule has 0 aliphatic carbocycles. The molecule has 14 heavy (non-hydrogen) atoms. The van der Waals surface area contributed by atoms with Gasteiger partial charge in [0.15, 0.2) is 0 Å². The van der Waals surface area contributed by atoms with Crippen molar-refractivity contribution in [2.45, 2.75) is 39.0 Å². The SMILES string of the molecule is CCCCC/C=C/C/C=C/C=C/C#N. The van der Waals surface area contributed by atoms with E-state index in [4.69, 9.17) is 5.26 Å². The lowest BCUT2D eigenvalue weighted by Gasteiger charge is -1.90. The van der Waals surface area contributed by atoms with E-state index in [1.807, 2.05) is 18.2 Å². The maximum Gasteiger partial charge on any atom is 0.0912 e. The standard InChI is InChI=1S/C13H19N/c1-2-3-4-5-6-7-8-9-10-11-12-13-14/h6-7,9-12H,2-5,8H2,1H3/b7-6+,10-9+,12-11+. The normalized spacial score (nSPS) is 11.7. The van der Waals surface area contributed by atoms with Gasteiger partial charge in [-0.2, -0.15) is 5.26 Å². The van der Waals surface area contributed by atoms with Gasteiger partial charge in [-0.25, -0.2) is 0 Å². The van der Waals surface area contributed by atoms with E-state index in [2.05, 4.69) is 19.1 Å². The van der Waals surface area contributed by atoms with Crippen LogP contribution in [-0.2, 0) is 0 Å². The number of hydrogen-bond acceptors (Lipinski definition) is 1. The van der Waals surface area contributed by atoms with E-state index in [9.17, 15) is 0 Å². The molecular weight excluding hydrogens is 170 g/mol. The highest BCUT2D eigenvalue weighted by Gasteiger charge is 1.80. The number of rotatable bonds is 7. The molecule has 0 saturated heterocycles. The number of nitriles is 1. The Bertz CT molecular complexity index is 228. The van der Waals surface area contributed by atoms with Crippen LogP contribution in [-0.4, -0.2) is 0 Å². The quantitative estimate of drug-likeness (QED) is 0.255. The van der Waals surface area contributed by atoms with E-state index in [-0.39, 0.29) is 0 Å².